The number of nitrogens with zero attached hydrogens (tertiary/aromatic N) is 2. The minimum absolute atomic E-state index is 0.00511. The van der Waals surface area contributed by atoms with Crippen LogP contribution in [0.2, 0.25) is 5.02 Å². The van der Waals surface area contributed by atoms with Crippen molar-refractivity contribution in [2.45, 2.75) is 13.3 Å². The summed E-state index contributed by atoms with van der Waals surface area (Å²) in [7, 11) is 2.94. The molecule has 0 aromatic heterocycles. The maximum absolute atomic E-state index is 12.5. The van der Waals surface area contributed by atoms with E-state index >= 15 is 0 Å². The molecular formula is C16H21ClN2O4. The van der Waals surface area contributed by atoms with Gasteiger partial charge in [0.2, 0.25) is 5.91 Å². The van der Waals surface area contributed by atoms with E-state index in [1.165, 1.54) is 7.11 Å². The maximum atomic E-state index is 12.5. The van der Waals surface area contributed by atoms with Crippen LogP contribution in [0.3, 0.4) is 0 Å². The molecule has 23 heavy (non-hydrogen) atoms. The average molecular weight is 341 g/mol. The third kappa shape index (κ3) is 4.07. The van der Waals surface area contributed by atoms with Gasteiger partial charge in [-0.25, -0.2) is 4.79 Å². The Bertz CT molecular complexity index is 598. The van der Waals surface area contributed by atoms with E-state index in [2.05, 4.69) is 0 Å². The first-order valence-electron chi connectivity index (χ1n) is 7.40. The van der Waals surface area contributed by atoms with Crippen molar-refractivity contribution in [3.8, 4) is 5.75 Å². The van der Waals surface area contributed by atoms with Crippen LogP contribution in [0.5, 0.6) is 5.75 Å². The molecule has 0 saturated carbocycles. The van der Waals surface area contributed by atoms with Gasteiger partial charge in [0.1, 0.15) is 5.75 Å². The van der Waals surface area contributed by atoms with Crippen LogP contribution in [0.4, 0.5) is 4.79 Å². The molecule has 0 spiro atoms. The van der Waals surface area contributed by atoms with Gasteiger partial charge in [-0.2, -0.15) is 0 Å². The normalized spacial score (nSPS) is 14.6. The molecule has 2 amide bonds. The highest BCUT2D eigenvalue weighted by atomic mass is 35.5. The zero-order valence-electron chi connectivity index (χ0n) is 13.6. The Morgan fingerprint density at radius 3 is 2.30 bits per heavy atom. The highest BCUT2D eigenvalue weighted by Crippen LogP contribution is 2.28. The zero-order valence-corrected chi connectivity index (χ0v) is 14.4. The molecule has 6 nitrogen and oxygen atoms in total. The predicted octanol–water partition coefficient (Wildman–Crippen LogP) is 2.11. The summed E-state index contributed by atoms with van der Waals surface area (Å²) in [5, 5.41) is 0.585. The number of ether oxygens (including phenoxy) is 2. The second kappa shape index (κ2) is 7.55. The Labute approximate surface area is 140 Å². The lowest BCUT2D eigenvalue weighted by Gasteiger charge is -2.34. The standard InChI is InChI=1S/C16H21ClN2O4/c1-11-8-13(17)9-12(15(11)22-2)10-14(20)18-4-6-19(7-5-18)16(21)23-3/h8-9H,4-7,10H2,1-3H3. The number of carbonyl (C=O) groups excluding carboxylic acids is 2. The quantitative estimate of drug-likeness (QED) is 0.845. The van der Waals surface area contributed by atoms with Gasteiger partial charge in [0.05, 0.1) is 20.6 Å². The summed E-state index contributed by atoms with van der Waals surface area (Å²) < 4.78 is 10.1. The molecule has 0 atom stereocenters. The summed E-state index contributed by atoms with van der Waals surface area (Å²) in [6.45, 7) is 3.84. The Balaban J connectivity index is 2.02. The zero-order chi connectivity index (χ0) is 17.0. The first-order chi connectivity index (χ1) is 11.0. The lowest BCUT2D eigenvalue weighted by molar-refractivity contribution is -0.132. The van der Waals surface area contributed by atoms with E-state index in [1.807, 2.05) is 13.0 Å². The topological polar surface area (TPSA) is 59.1 Å². The van der Waals surface area contributed by atoms with Crippen LogP contribution in [0, 0.1) is 6.92 Å². The molecule has 1 saturated heterocycles. The molecule has 1 aliphatic heterocycles. The predicted molar refractivity (Wildman–Crippen MR) is 87.0 cm³/mol. The highest BCUT2D eigenvalue weighted by Gasteiger charge is 2.25. The summed E-state index contributed by atoms with van der Waals surface area (Å²) in [5.41, 5.74) is 1.68. The monoisotopic (exact) mass is 340 g/mol. The van der Waals surface area contributed by atoms with E-state index < -0.39 is 0 Å². The van der Waals surface area contributed by atoms with Crippen molar-refractivity contribution in [1.82, 2.24) is 9.80 Å². The summed E-state index contributed by atoms with van der Waals surface area (Å²) in [4.78, 5) is 27.3. The number of aryl methyl sites for hydroxylation is 1. The Hall–Kier alpha value is -1.95. The lowest BCUT2D eigenvalue weighted by Crippen LogP contribution is -2.50. The highest BCUT2D eigenvalue weighted by molar-refractivity contribution is 6.30. The van der Waals surface area contributed by atoms with Crippen LogP contribution in [0.1, 0.15) is 11.1 Å². The van der Waals surface area contributed by atoms with Crippen LogP contribution in [-0.2, 0) is 16.0 Å². The average Bonchev–Trinajstić information content (AvgIpc) is 2.54. The second-order valence-corrected chi connectivity index (χ2v) is 5.87. The number of carbonyl (C=O) groups is 2. The minimum atomic E-state index is -0.357. The number of hydrogen-bond acceptors (Lipinski definition) is 4. The van der Waals surface area contributed by atoms with Gasteiger partial charge in [-0.05, 0) is 24.6 Å². The van der Waals surface area contributed by atoms with Crippen molar-refractivity contribution in [3.63, 3.8) is 0 Å². The summed E-state index contributed by atoms with van der Waals surface area (Å²) in [5.74, 6) is 0.686. The molecule has 7 heteroatoms. The fourth-order valence-corrected chi connectivity index (χ4v) is 3.06. The molecule has 1 aromatic carbocycles. The van der Waals surface area contributed by atoms with E-state index in [9.17, 15) is 9.59 Å². The molecule has 0 radical (unpaired) electrons. The minimum Gasteiger partial charge on any atom is -0.496 e. The number of rotatable bonds is 3. The molecule has 126 valence electrons. The largest absolute Gasteiger partial charge is 0.496 e. The van der Waals surface area contributed by atoms with Gasteiger partial charge in [-0.1, -0.05) is 11.6 Å². The molecule has 0 bridgehead atoms. The van der Waals surface area contributed by atoms with Crippen LogP contribution in [0.25, 0.3) is 0 Å². The molecule has 1 aliphatic rings. The van der Waals surface area contributed by atoms with Gasteiger partial charge >= 0.3 is 6.09 Å². The first kappa shape index (κ1) is 17.4. The van der Waals surface area contributed by atoms with Crippen LogP contribution < -0.4 is 4.74 Å². The van der Waals surface area contributed by atoms with Gasteiger partial charge in [-0.15, -0.1) is 0 Å². The van der Waals surface area contributed by atoms with E-state index in [0.717, 1.165) is 11.1 Å². The third-order valence-electron chi connectivity index (χ3n) is 3.93. The van der Waals surface area contributed by atoms with Gasteiger partial charge in [0.25, 0.3) is 0 Å². The lowest BCUT2D eigenvalue weighted by atomic mass is 10.1. The van der Waals surface area contributed by atoms with E-state index in [4.69, 9.17) is 21.1 Å². The van der Waals surface area contributed by atoms with Crippen molar-refractivity contribution >= 4 is 23.6 Å². The van der Waals surface area contributed by atoms with E-state index in [1.54, 1.807) is 23.0 Å². The van der Waals surface area contributed by atoms with Gasteiger partial charge in [0, 0.05) is 36.8 Å². The van der Waals surface area contributed by atoms with Crippen molar-refractivity contribution < 1.29 is 19.1 Å². The number of methoxy groups -OCH3 is 2. The molecule has 0 N–H and O–H groups in total. The SMILES string of the molecule is COC(=O)N1CCN(C(=O)Cc2cc(Cl)cc(C)c2OC)CC1. The van der Waals surface area contributed by atoms with Crippen molar-refractivity contribution in [1.29, 1.82) is 0 Å². The molecule has 1 fully saturated rings. The Kier molecular flexibility index (Phi) is 5.71. The smallest absolute Gasteiger partial charge is 0.409 e. The van der Waals surface area contributed by atoms with Gasteiger partial charge < -0.3 is 19.3 Å². The number of piperazine rings is 1. The number of amides is 2. The fraction of sp³-hybridized carbons (Fsp3) is 0.500. The summed E-state index contributed by atoms with van der Waals surface area (Å²) in [6.07, 6.45) is -0.132. The molecular weight excluding hydrogens is 320 g/mol. The first-order valence-corrected chi connectivity index (χ1v) is 7.77. The second-order valence-electron chi connectivity index (χ2n) is 5.43. The fourth-order valence-electron chi connectivity index (χ4n) is 2.76. The van der Waals surface area contributed by atoms with Crippen molar-refractivity contribution in [3.05, 3.63) is 28.3 Å². The number of benzene rings is 1. The van der Waals surface area contributed by atoms with Crippen LogP contribution in [-0.4, -0.2) is 62.2 Å². The third-order valence-corrected chi connectivity index (χ3v) is 4.15. The number of hydrogen-bond donors (Lipinski definition) is 0. The Morgan fingerprint density at radius 2 is 1.74 bits per heavy atom. The molecule has 0 unspecified atom stereocenters. The molecule has 1 heterocycles. The van der Waals surface area contributed by atoms with Crippen molar-refractivity contribution in [2.75, 3.05) is 40.4 Å². The summed E-state index contributed by atoms with van der Waals surface area (Å²) >= 11 is 6.08. The van der Waals surface area contributed by atoms with Crippen LogP contribution >= 0.6 is 11.6 Å². The molecule has 1 aromatic rings. The Morgan fingerprint density at radius 1 is 1.13 bits per heavy atom. The van der Waals surface area contributed by atoms with Crippen LogP contribution in [0.15, 0.2) is 12.1 Å². The number of halogens is 1. The van der Waals surface area contributed by atoms with Crippen molar-refractivity contribution in [2.24, 2.45) is 0 Å². The van der Waals surface area contributed by atoms with Gasteiger partial charge in [-0.3, -0.25) is 4.79 Å². The summed E-state index contributed by atoms with van der Waals surface area (Å²) in [6, 6.07) is 3.57. The molecule has 2 rings (SSSR count). The molecule has 0 aliphatic carbocycles. The van der Waals surface area contributed by atoms with Gasteiger partial charge in [0.15, 0.2) is 0 Å². The van der Waals surface area contributed by atoms with E-state index in [0.29, 0.717) is 37.0 Å². The maximum Gasteiger partial charge on any atom is 0.409 e. The van der Waals surface area contributed by atoms with E-state index in [-0.39, 0.29) is 18.4 Å².